The van der Waals surface area contributed by atoms with E-state index in [-0.39, 0.29) is 17.0 Å². The van der Waals surface area contributed by atoms with Gasteiger partial charge in [-0.2, -0.15) is 10.2 Å². The van der Waals surface area contributed by atoms with Gasteiger partial charge in [-0.3, -0.25) is 0 Å². The third-order valence-electron chi connectivity index (χ3n) is 6.06. The van der Waals surface area contributed by atoms with Crippen LogP contribution in [0, 0.1) is 11.6 Å². The Morgan fingerprint density at radius 3 is 2.00 bits per heavy atom. The summed E-state index contributed by atoms with van der Waals surface area (Å²) in [5, 5.41) is 7.77. The van der Waals surface area contributed by atoms with Crippen molar-refractivity contribution in [1.29, 1.82) is 0 Å². The molecular formula is C31H36F2N2O3. The fraction of sp³-hybridized carbons (Fsp3) is 0.387. The van der Waals surface area contributed by atoms with Gasteiger partial charge in [0.15, 0.2) is 11.6 Å². The summed E-state index contributed by atoms with van der Waals surface area (Å²) in [4.78, 5) is 12.5. The molecule has 0 amide bonds. The molecule has 3 aromatic carbocycles. The number of azo groups is 1. The number of rotatable bonds is 16. The van der Waals surface area contributed by atoms with Gasteiger partial charge in [0.2, 0.25) is 0 Å². The second-order valence-electron chi connectivity index (χ2n) is 9.24. The molecule has 7 heteroatoms. The first kappa shape index (κ1) is 29.0. The van der Waals surface area contributed by atoms with E-state index in [1.54, 1.807) is 30.3 Å². The maximum atomic E-state index is 14.5. The Morgan fingerprint density at radius 1 is 0.737 bits per heavy atom. The molecule has 0 unspecified atom stereocenters. The Labute approximate surface area is 223 Å². The minimum atomic E-state index is -0.759. The lowest BCUT2D eigenvalue weighted by Gasteiger charge is -2.08. The van der Waals surface area contributed by atoms with Crippen LogP contribution in [-0.4, -0.2) is 12.6 Å². The monoisotopic (exact) mass is 522 g/mol. The molecule has 202 valence electrons. The van der Waals surface area contributed by atoms with Crippen LogP contribution < -0.4 is 9.47 Å². The van der Waals surface area contributed by atoms with Gasteiger partial charge in [0, 0.05) is 12.1 Å². The minimum absolute atomic E-state index is 0.204. The molecule has 38 heavy (non-hydrogen) atoms. The standard InChI is InChI=1S/C31H36F2N2O3/c1-2-3-4-5-6-7-8-9-10-11-21-37-28-18-15-24(16-19-28)31(36)38-30-20-17-27(23-29(30)33)35-34-26-14-12-13-25(32)22-26/h12-20,22-23H,2-11,21H2,1H3. The van der Waals surface area contributed by atoms with Crippen LogP contribution in [0.15, 0.2) is 77.0 Å². The summed E-state index contributed by atoms with van der Waals surface area (Å²) in [5.41, 5.74) is 0.790. The number of nitrogens with zero attached hydrogens (tertiary/aromatic N) is 2. The van der Waals surface area contributed by atoms with Crippen LogP contribution in [0.4, 0.5) is 20.2 Å². The fourth-order valence-corrected chi connectivity index (χ4v) is 3.91. The van der Waals surface area contributed by atoms with E-state index >= 15 is 0 Å². The van der Waals surface area contributed by atoms with Gasteiger partial charge in [-0.05, 0) is 55.0 Å². The summed E-state index contributed by atoms with van der Waals surface area (Å²) in [5.74, 6) is -1.43. The highest BCUT2D eigenvalue weighted by Gasteiger charge is 2.13. The van der Waals surface area contributed by atoms with Crippen molar-refractivity contribution in [2.75, 3.05) is 6.61 Å². The van der Waals surface area contributed by atoms with E-state index in [4.69, 9.17) is 9.47 Å². The molecular weight excluding hydrogens is 486 g/mol. The zero-order valence-electron chi connectivity index (χ0n) is 22.0. The summed E-state index contributed by atoms with van der Waals surface area (Å²) in [6.45, 7) is 2.87. The molecule has 0 N–H and O–H groups in total. The second-order valence-corrected chi connectivity index (χ2v) is 9.24. The Balaban J connectivity index is 1.37. The number of carbonyl (C=O) groups is 1. The van der Waals surface area contributed by atoms with E-state index in [0.717, 1.165) is 18.9 Å². The van der Waals surface area contributed by atoms with Crippen molar-refractivity contribution >= 4 is 17.3 Å². The molecule has 0 aliphatic heterocycles. The first-order chi connectivity index (χ1) is 18.5. The number of ether oxygens (including phenoxy) is 2. The van der Waals surface area contributed by atoms with Crippen molar-refractivity contribution in [3.05, 3.63) is 83.9 Å². The third-order valence-corrected chi connectivity index (χ3v) is 6.06. The highest BCUT2D eigenvalue weighted by Crippen LogP contribution is 2.26. The number of esters is 1. The van der Waals surface area contributed by atoms with E-state index < -0.39 is 17.6 Å². The molecule has 0 heterocycles. The Morgan fingerprint density at radius 2 is 1.37 bits per heavy atom. The third kappa shape index (κ3) is 10.4. The first-order valence-corrected chi connectivity index (χ1v) is 13.5. The predicted octanol–water partition coefficient (Wildman–Crippen LogP) is 9.90. The van der Waals surface area contributed by atoms with Crippen LogP contribution in [0.3, 0.4) is 0 Å². The van der Waals surface area contributed by atoms with Gasteiger partial charge >= 0.3 is 5.97 Å². The molecule has 0 saturated heterocycles. The van der Waals surface area contributed by atoms with Crippen LogP contribution in [0.1, 0.15) is 81.5 Å². The van der Waals surface area contributed by atoms with Crippen molar-refractivity contribution in [1.82, 2.24) is 0 Å². The van der Waals surface area contributed by atoms with Crippen molar-refractivity contribution in [2.24, 2.45) is 10.2 Å². The molecule has 0 spiro atoms. The zero-order valence-corrected chi connectivity index (χ0v) is 22.0. The van der Waals surface area contributed by atoms with Crippen LogP contribution in [0.25, 0.3) is 0 Å². The van der Waals surface area contributed by atoms with E-state index in [2.05, 4.69) is 17.2 Å². The maximum Gasteiger partial charge on any atom is 0.343 e. The summed E-state index contributed by atoms with van der Waals surface area (Å²) >= 11 is 0. The van der Waals surface area contributed by atoms with E-state index in [9.17, 15) is 13.6 Å². The second kappa shape index (κ2) is 16.3. The fourth-order valence-electron chi connectivity index (χ4n) is 3.91. The van der Waals surface area contributed by atoms with E-state index in [0.29, 0.717) is 18.0 Å². The molecule has 0 aromatic heterocycles. The molecule has 0 aliphatic rings. The van der Waals surface area contributed by atoms with Crippen LogP contribution in [0.5, 0.6) is 11.5 Å². The largest absolute Gasteiger partial charge is 0.494 e. The Kier molecular flexibility index (Phi) is 12.4. The summed E-state index contributed by atoms with van der Waals surface area (Å²) < 4.78 is 38.7. The summed E-state index contributed by atoms with van der Waals surface area (Å²) in [7, 11) is 0. The maximum absolute atomic E-state index is 14.5. The smallest absolute Gasteiger partial charge is 0.343 e. The Bertz CT molecular complexity index is 1170. The SMILES string of the molecule is CCCCCCCCCCCCOc1ccc(C(=O)Oc2ccc(N=Nc3cccc(F)c3)cc2F)cc1. The molecule has 0 fully saturated rings. The lowest BCUT2D eigenvalue weighted by Crippen LogP contribution is -2.09. The number of unbranched alkanes of at least 4 members (excludes halogenated alkanes) is 9. The molecule has 3 rings (SSSR count). The van der Waals surface area contributed by atoms with Gasteiger partial charge < -0.3 is 9.47 Å². The summed E-state index contributed by atoms with van der Waals surface area (Å²) in [6, 6.07) is 16.0. The highest BCUT2D eigenvalue weighted by molar-refractivity contribution is 5.91. The number of benzene rings is 3. The quantitative estimate of drug-likeness (QED) is 0.0814. The van der Waals surface area contributed by atoms with Crippen molar-refractivity contribution in [3.8, 4) is 11.5 Å². The first-order valence-electron chi connectivity index (χ1n) is 13.5. The van der Waals surface area contributed by atoms with Crippen molar-refractivity contribution in [2.45, 2.75) is 71.1 Å². The van der Waals surface area contributed by atoms with Crippen LogP contribution in [0.2, 0.25) is 0 Å². The summed E-state index contributed by atoms with van der Waals surface area (Å²) in [6.07, 6.45) is 12.7. The molecule has 0 atom stereocenters. The minimum Gasteiger partial charge on any atom is -0.494 e. The highest BCUT2D eigenvalue weighted by atomic mass is 19.1. The van der Waals surface area contributed by atoms with Gasteiger partial charge in [-0.1, -0.05) is 70.8 Å². The van der Waals surface area contributed by atoms with Gasteiger partial charge in [0.05, 0.1) is 23.5 Å². The van der Waals surface area contributed by atoms with E-state index in [1.165, 1.54) is 81.7 Å². The number of halogens is 2. The number of hydrogen-bond acceptors (Lipinski definition) is 5. The van der Waals surface area contributed by atoms with E-state index in [1.807, 2.05) is 0 Å². The average Bonchev–Trinajstić information content (AvgIpc) is 2.92. The topological polar surface area (TPSA) is 60.2 Å². The normalized spacial score (nSPS) is 11.1. The molecule has 0 saturated carbocycles. The van der Waals surface area contributed by atoms with Gasteiger partial charge in [-0.15, -0.1) is 0 Å². The molecule has 3 aromatic rings. The predicted molar refractivity (Wildman–Crippen MR) is 146 cm³/mol. The van der Waals surface area contributed by atoms with Gasteiger partial charge in [0.1, 0.15) is 11.6 Å². The van der Waals surface area contributed by atoms with Crippen LogP contribution in [-0.2, 0) is 0 Å². The van der Waals surface area contributed by atoms with Gasteiger partial charge in [-0.25, -0.2) is 13.6 Å². The zero-order chi connectivity index (χ0) is 27.0. The van der Waals surface area contributed by atoms with Crippen LogP contribution >= 0.6 is 0 Å². The molecule has 5 nitrogen and oxygen atoms in total. The Hall–Kier alpha value is -3.61. The lowest BCUT2D eigenvalue weighted by molar-refractivity contribution is 0.0728. The van der Waals surface area contributed by atoms with Crippen molar-refractivity contribution in [3.63, 3.8) is 0 Å². The molecule has 0 radical (unpaired) electrons. The number of hydrogen-bond donors (Lipinski definition) is 0. The lowest BCUT2D eigenvalue weighted by atomic mass is 10.1. The van der Waals surface area contributed by atoms with Gasteiger partial charge in [0.25, 0.3) is 0 Å². The average molecular weight is 523 g/mol. The number of carbonyl (C=O) groups excluding carboxylic acids is 1. The molecule has 0 aliphatic carbocycles. The van der Waals surface area contributed by atoms with Crippen molar-refractivity contribution < 1.29 is 23.0 Å². The molecule has 0 bridgehead atoms.